The van der Waals surface area contributed by atoms with Crippen LogP contribution in [0.4, 0.5) is 17.1 Å². The summed E-state index contributed by atoms with van der Waals surface area (Å²) in [6.45, 7) is 0. The molecule has 0 N–H and O–H groups in total. The van der Waals surface area contributed by atoms with E-state index < -0.39 is 0 Å². The van der Waals surface area contributed by atoms with Gasteiger partial charge in [-0.3, -0.25) is 8.80 Å². The summed E-state index contributed by atoms with van der Waals surface area (Å²) in [5.74, 6) is 0. The minimum atomic E-state index is 1.14. The minimum Gasteiger partial charge on any atom is -0.308 e. The van der Waals surface area contributed by atoms with Crippen LogP contribution in [-0.2, 0) is 0 Å². The lowest BCUT2D eigenvalue weighted by Gasteiger charge is -2.26. The number of imidazole rings is 1. The van der Waals surface area contributed by atoms with Crippen molar-refractivity contribution in [1.29, 1.82) is 0 Å². The number of hydrogen-bond donors (Lipinski definition) is 0. The zero-order valence-electron chi connectivity index (χ0n) is 19.0. The summed E-state index contributed by atoms with van der Waals surface area (Å²) in [5.41, 5.74) is 9.64. The maximum atomic E-state index is 2.47. The van der Waals surface area contributed by atoms with Crippen LogP contribution in [0.25, 0.3) is 43.9 Å². The molecular weight excluding hydrogens is 426 g/mol. The first-order valence-electron chi connectivity index (χ1n) is 12.0. The standard InChI is InChI=1S/C32H21N3/c1-3-12-22(13-4-1)33(23-14-5-2-6-15-23)29-21-11-17-25-30-24-16-7-8-18-26(24)34-27-19-9-10-20-28(27)35(31(25)29)32(30)34/h1-21H. The lowest BCUT2D eigenvalue weighted by Crippen LogP contribution is -2.10. The summed E-state index contributed by atoms with van der Waals surface area (Å²) < 4.78 is 4.90. The number of anilines is 3. The van der Waals surface area contributed by atoms with Crippen molar-refractivity contribution in [2.75, 3.05) is 4.90 Å². The fourth-order valence-corrected chi connectivity index (χ4v) is 5.86. The molecule has 0 saturated heterocycles. The normalized spacial score (nSPS) is 12.0. The van der Waals surface area contributed by atoms with Gasteiger partial charge in [0.1, 0.15) is 5.65 Å². The number of aromatic nitrogens is 2. The molecule has 0 aliphatic carbocycles. The molecule has 3 aromatic heterocycles. The molecule has 3 heterocycles. The molecule has 0 atom stereocenters. The monoisotopic (exact) mass is 447 g/mol. The van der Waals surface area contributed by atoms with Gasteiger partial charge in [0.2, 0.25) is 0 Å². The third-order valence-corrected chi connectivity index (χ3v) is 7.20. The van der Waals surface area contributed by atoms with Gasteiger partial charge in [-0.1, -0.05) is 78.9 Å². The van der Waals surface area contributed by atoms with E-state index >= 15 is 0 Å². The first-order chi connectivity index (χ1) is 17.4. The maximum Gasteiger partial charge on any atom is 0.131 e. The van der Waals surface area contributed by atoms with E-state index in [1.165, 1.54) is 49.6 Å². The quantitative estimate of drug-likeness (QED) is 0.264. The maximum absolute atomic E-state index is 2.47. The summed E-state index contributed by atoms with van der Waals surface area (Å²) in [6, 6.07) is 45.5. The average molecular weight is 448 g/mol. The minimum absolute atomic E-state index is 1.14. The molecule has 0 fully saturated rings. The van der Waals surface area contributed by atoms with Crippen LogP contribution in [0.3, 0.4) is 0 Å². The van der Waals surface area contributed by atoms with Gasteiger partial charge < -0.3 is 4.90 Å². The fraction of sp³-hybridized carbons (Fsp3) is 0. The van der Waals surface area contributed by atoms with E-state index in [2.05, 4.69) is 141 Å². The number of benzene rings is 5. The molecule has 3 nitrogen and oxygen atoms in total. The third-order valence-electron chi connectivity index (χ3n) is 7.20. The molecule has 5 aromatic carbocycles. The molecule has 0 aliphatic rings. The molecule has 35 heavy (non-hydrogen) atoms. The number of rotatable bonds is 3. The molecule has 0 amide bonds. The molecular formula is C32H21N3. The van der Waals surface area contributed by atoms with Crippen LogP contribution in [-0.4, -0.2) is 8.80 Å². The van der Waals surface area contributed by atoms with Crippen LogP contribution >= 0.6 is 0 Å². The van der Waals surface area contributed by atoms with Crippen LogP contribution in [0.5, 0.6) is 0 Å². The summed E-state index contributed by atoms with van der Waals surface area (Å²) in [6.07, 6.45) is 0. The van der Waals surface area contributed by atoms with Crippen molar-refractivity contribution >= 4 is 60.9 Å². The molecule has 0 spiro atoms. The van der Waals surface area contributed by atoms with E-state index in [4.69, 9.17) is 0 Å². The molecule has 0 radical (unpaired) electrons. The largest absolute Gasteiger partial charge is 0.308 e. The Balaban J connectivity index is 1.61. The van der Waals surface area contributed by atoms with Crippen molar-refractivity contribution in [3.8, 4) is 0 Å². The Morgan fingerprint density at radius 2 is 0.971 bits per heavy atom. The van der Waals surface area contributed by atoms with E-state index in [-0.39, 0.29) is 0 Å². The van der Waals surface area contributed by atoms with Gasteiger partial charge in [0.15, 0.2) is 0 Å². The molecule has 3 heteroatoms. The van der Waals surface area contributed by atoms with Crippen LogP contribution in [0, 0.1) is 0 Å². The Bertz CT molecular complexity index is 1950. The topological polar surface area (TPSA) is 12.1 Å². The van der Waals surface area contributed by atoms with Gasteiger partial charge in [0.25, 0.3) is 0 Å². The van der Waals surface area contributed by atoms with E-state index in [0.717, 1.165) is 11.4 Å². The highest BCUT2D eigenvalue weighted by Crippen LogP contribution is 2.46. The number of para-hydroxylation sites is 6. The van der Waals surface area contributed by atoms with Gasteiger partial charge in [-0.05, 0) is 48.5 Å². The van der Waals surface area contributed by atoms with Crippen molar-refractivity contribution < 1.29 is 0 Å². The fourth-order valence-electron chi connectivity index (χ4n) is 5.86. The second kappa shape index (κ2) is 6.87. The van der Waals surface area contributed by atoms with Gasteiger partial charge >= 0.3 is 0 Å². The summed E-state index contributed by atoms with van der Waals surface area (Å²) in [5, 5.41) is 3.89. The van der Waals surface area contributed by atoms with Crippen molar-refractivity contribution in [3.63, 3.8) is 0 Å². The average Bonchev–Trinajstić information content (AvgIpc) is 3.55. The predicted molar refractivity (Wildman–Crippen MR) is 147 cm³/mol. The number of hydrogen-bond acceptors (Lipinski definition) is 1. The highest BCUT2D eigenvalue weighted by Gasteiger charge is 2.25. The lowest BCUT2D eigenvalue weighted by molar-refractivity contribution is 1.25. The van der Waals surface area contributed by atoms with E-state index in [9.17, 15) is 0 Å². The van der Waals surface area contributed by atoms with Crippen LogP contribution in [0.15, 0.2) is 127 Å². The summed E-state index contributed by atoms with van der Waals surface area (Å²) in [7, 11) is 0. The van der Waals surface area contributed by atoms with Gasteiger partial charge in [-0.25, -0.2) is 0 Å². The van der Waals surface area contributed by atoms with E-state index in [1.54, 1.807) is 0 Å². The molecule has 0 bridgehead atoms. The van der Waals surface area contributed by atoms with Gasteiger partial charge in [-0.2, -0.15) is 0 Å². The second-order valence-electron chi connectivity index (χ2n) is 9.06. The smallest absolute Gasteiger partial charge is 0.131 e. The molecule has 8 aromatic rings. The van der Waals surface area contributed by atoms with Crippen LogP contribution < -0.4 is 4.90 Å². The van der Waals surface area contributed by atoms with E-state index in [0.29, 0.717) is 0 Å². The predicted octanol–water partition coefficient (Wildman–Crippen LogP) is 8.56. The SMILES string of the molecule is c1ccc(N(c2ccccc2)c2cccc3c4c5ccccc5n5c6ccccc6n(c23)c45)cc1. The number of nitrogens with zero attached hydrogens (tertiary/aromatic N) is 3. The second-order valence-corrected chi connectivity index (χ2v) is 9.06. The zero-order valence-corrected chi connectivity index (χ0v) is 19.0. The number of fused-ring (bicyclic) bond motifs is 9. The Morgan fingerprint density at radius 1 is 0.429 bits per heavy atom. The highest BCUT2D eigenvalue weighted by molar-refractivity contribution is 6.26. The molecule has 0 saturated carbocycles. The van der Waals surface area contributed by atoms with Gasteiger partial charge in [0, 0.05) is 27.5 Å². The summed E-state index contributed by atoms with van der Waals surface area (Å²) >= 11 is 0. The third kappa shape index (κ3) is 2.39. The van der Waals surface area contributed by atoms with Crippen molar-refractivity contribution in [2.45, 2.75) is 0 Å². The molecule has 164 valence electrons. The zero-order chi connectivity index (χ0) is 22.9. The van der Waals surface area contributed by atoms with Crippen LogP contribution in [0.2, 0.25) is 0 Å². The van der Waals surface area contributed by atoms with Crippen molar-refractivity contribution in [1.82, 2.24) is 8.80 Å². The highest BCUT2D eigenvalue weighted by atomic mass is 15.2. The lowest BCUT2D eigenvalue weighted by atomic mass is 10.1. The van der Waals surface area contributed by atoms with Crippen LogP contribution in [0.1, 0.15) is 0 Å². The van der Waals surface area contributed by atoms with Crippen molar-refractivity contribution in [3.05, 3.63) is 127 Å². The molecule has 0 aliphatic heterocycles. The Kier molecular flexibility index (Phi) is 3.66. The van der Waals surface area contributed by atoms with Gasteiger partial charge in [0.05, 0.1) is 27.8 Å². The van der Waals surface area contributed by atoms with Crippen molar-refractivity contribution in [2.24, 2.45) is 0 Å². The van der Waals surface area contributed by atoms with Gasteiger partial charge in [-0.15, -0.1) is 0 Å². The molecule has 8 rings (SSSR count). The molecule has 0 unspecified atom stereocenters. The van der Waals surface area contributed by atoms with E-state index in [1.807, 2.05) is 0 Å². The summed E-state index contributed by atoms with van der Waals surface area (Å²) in [4.78, 5) is 2.37. The first-order valence-corrected chi connectivity index (χ1v) is 12.0. The Hall–Kier alpha value is -4.76. The first kappa shape index (κ1) is 18.6. The Morgan fingerprint density at radius 3 is 1.66 bits per heavy atom. The Labute approximate surface area is 202 Å².